The number of carbonyl (C=O) groups is 1. The van der Waals surface area contributed by atoms with Crippen LogP contribution in [0.5, 0.6) is 5.75 Å². The molecule has 0 saturated carbocycles. The molecule has 0 aliphatic rings. The fraction of sp³-hybridized carbons (Fsp3) is 0.211. The average Bonchev–Trinajstić information content (AvgIpc) is 3.36. The number of carbonyl (C=O) groups excluding carboxylic acids is 1. The van der Waals surface area contributed by atoms with Crippen LogP contribution in [-0.4, -0.2) is 49.3 Å². The molecule has 0 aliphatic carbocycles. The van der Waals surface area contributed by atoms with Gasteiger partial charge in [-0.2, -0.15) is 5.10 Å². The highest BCUT2D eigenvalue weighted by Gasteiger charge is 2.09. The van der Waals surface area contributed by atoms with Crippen molar-refractivity contribution in [1.82, 2.24) is 35.0 Å². The fourth-order valence-corrected chi connectivity index (χ4v) is 2.86. The van der Waals surface area contributed by atoms with Crippen molar-refractivity contribution in [3.05, 3.63) is 54.9 Å². The standard InChI is InChI=1S/C19H19N7O2/c1-28-14-4-5-16-15(9-14)22-12-26(16)11-18(27)21-8-6-17-23-19(25-24-17)13-3-2-7-20-10-13/h2-5,7,9-10,12H,6,8,11H2,1H3,(H,21,27)(H,23,24,25). The van der Waals surface area contributed by atoms with E-state index in [1.165, 1.54) is 0 Å². The summed E-state index contributed by atoms with van der Waals surface area (Å²) in [4.78, 5) is 25.1. The molecule has 0 spiro atoms. The number of H-pyrrole nitrogens is 1. The van der Waals surface area contributed by atoms with Gasteiger partial charge in [0, 0.05) is 37.0 Å². The number of imidazole rings is 1. The molecule has 9 heteroatoms. The van der Waals surface area contributed by atoms with Gasteiger partial charge >= 0.3 is 0 Å². The van der Waals surface area contributed by atoms with Crippen molar-refractivity contribution in [3.8, 4) is 17.1 Å². The summed E-state index contributed by atoms with van der Waals surface area (Å²) < 4.78 is 7.00. The van der Waals surface area contributed by atoms with Crippen molar-refractivity contribution < 1.29 is 9.53 Å². The lowest BCUT2D eigenvalue weighted by molar-refractivity contribution is -0.121. The van der Waals surface area contributed by atoms with Crippen LogP contribution in [0.1, 0.15) is 5.82 Å². The first-order chi connectivity index (χ1) is 13.7. The van der Waals surface area contributed by atoms with E-state index in [-0.39, 0.29) is 12.5 Å². The zero-order chi connectivity index (χ0) is 19.3. The molecule has 28 heavy (non-hydrogen) atoms. The number of methoxy groups -OCH3 is 1. The van der Waals surface area contributed by atoms with E-state index in [1.807, 2.05) is 30.3 Å². The fourth-order valence-electron chi connectivity index (χ4n) is 2.86. The first-order valence-corrected chi connectivity index (χ1v) is 8.80. The summed E-state index contributed by atoms with van der Waals surface area (Å²) in [5.41, 5.74) is 2.52. The van der Waals surface area contributed by atoms with Gasteiger partial charge in [0.25, 0.3) is 0 Å². The number of nitrogens with one attached hydrogen (secondary N) is 2. The minimum absolute atomic E-state index is 0.0953. The number of ether oxygens (including phenoxy) is 1. The lowest BCUT2D eigenvalue weighted by Gasteiger charge is -2.06. The summed E-state index contributed by atoms with van der Waals surface area (Å²) in [7, 11) is 1.61. The van der Waals surface area contributed by atoms with Crippen molar-refractivity contribution in [2.45, 2.75) is 13.0 Å². The Morgan fingerprint density at radius 1 is 1.32 bits per heavy atom. The van der Waals surface area contributed by atoms with Crippen molar-refractivity contribution in [2.75, 3.05) is 13.7 Å². The van der Waals surface area contributed by atoms with Gasteiger partial charge in [-0.1, -0.05) is 0 Å². The minimum Gasteiger partial charge on any atom is -0.497 e. The van der Waals surface area contributed by atoms with Crippen molar-refractivity contribution in [2.24, 2.45) is 0 Å². The molecule has 4 rings (SSSR count). The molecule has 0 radical (unpaired) electrons. The highest BCUT2D eigenvalue weighted by molar-refractivity contribution is 5.81. The first kappa shape index (κ1) is 17.7. The lowest BCUT2D eigenvalue weighted by Crippen LogP contribution is -2.29. The largest absolute Gasteiger partial charge is 0.497 e. The van der Waals surface area contributed by atoms with Crippen LogP contribution in [0.3, 0.4) is 0 Å². The Hall–Kier alpha value is -3.75. The molecule has 0 unspecified atom stereocenters. The van der Waals surface area contributed by atoms with Gasteiger partial charge in [0.15, 0.2) is 5.82 Å². The molecule has 0 atom stereocenters. The maximum atomic E-state index is 12.3. The molecule has 3 heterocycles. The van der Waals surface area contributed by atoms with Crippen LogP contribution < -0.4 is 10.1 Å². The van der Waals surface area contributed by atoms with E-state index in [0.717, 1.165) is 22.3 Å². The van der Waals surface area contributed by atoms with Crippen LogP contribution in [0, 0.1) is 0 Å². The Bertz CT molecular complexity index is 1090. The predicted octanol–water partition coefficient (Wildman–Crippen LogP) is 1.58. The molecule has 1 amide bonds. The molecule has 9 nitrogen and oxygen atoms in total. The molecule has 4 aromatic rings. The third kappa shape index (κ3) is 3.83. The van der Waals surface area contributed by atoms with Gasteiger partial charge in [0.05, 0.1) is 24.5 Å². The number of hydrogen-bond acceptors (Lipinski definition) is 6. The van der Waals surface area contributed by atoms with Crippen LogP contribution >= 0.6 is 0 Å². The molecular formula is C19H19N7O2. The smallest absolute Gasteiger partial charge is 0.240 e. The second kappa shape index (κ2) is 7.87. The zero-order valence-corrected chi connectivity index (χ0v) is 15.3. The highest BCUT2D eigenvalue weighted by Crippen LogP contribution is 2.19. The number of aromatic amines is 1. The van der Waals surface area contributed by atoms with E-state index in [1.54, 1.807) is 30.4 Å². The van der Waals surface area contributed by atoms with Gasteiger partial charge < -0.3 is 14.6 Å². The average molecular weight is 377 g/mol. The second-order valence-electron chi connectivity index (χ2n) is 6.17. The van der Waals surface area contributed by atoms with E-state index in [0.29, 0.717) is 24.6 Å². The number of rotatable bonds is 7. The van der Waals surface area contributed by atoms with Gasteiger partial charge in [-0.25, -0.2) is 9.97 Å². The van der Waals surface area contributed by atoms with E-state index in [4.69, 9.17) is 4.74 Å². The van der Waals surface area contributed by atoms with Gasteiger partial charge in [-0.3, -0.25) is 14.9 Å². The number of hydrogen-bond donors (Lipinski definition) is 2. The summed E-state index contributed by atoms with van der Waals surface area (Å²) in [5, 5.41) is 9.97. The maximum absolute atomic E-state index is 12.3. The first-order valence-electron chi connectivity index (χ1n) is 8.80. The quantitative estimate of drug-likeness (QED) is 0.506. The SMILES string of the molecule is COc1ccc2c(c1)ncn2CC(=O)NCCc1nc(-c2cccnc2)n[nH]1. The van der Waals surface area contributed by atoms with Crippen LogP contribution in [0.2, 0.25) is 0 Å². The topological polar surface area (TPSA) is 111 Å². The Labute approximate surface area is 160 Å². The molecular weight excluding hydrogens is 358 g/mol. The third-order valence-electron chi connectivity index (χ3n) is 4.28. The van der Waals surface area contributed by atoms with Crippen LogP contribution in [0.25, 0.3) is 22.4 Å². The predicted molar refractivity (Wildman–Crippen MR) is 103 cm³/mol. The zero-order valence-electron chi connectivity index (χ0n) is 15.3. The molecule has 3 aromatic heterocycles. The van der Waals surface area contributed by atoms with Crippen LogP contribution in [0.15, 0.2) is 49.1 Å². The van der Waals surface area contributed by atoms with Crippen molar-refractivity contribution >= 4 is 16.9 Å². The van der Waals surface area contributed by atoms with Crippen LogP contribution in [-0.2, 0) is 17.8 Å². The summed E-state index contributed by atoms with van der Waals surface area (Å²) in [6, 6.07) is 9.31. The van der Waals surface area contributed by atoms with Gasteiger partial charge in [0.1, 0.15) is 18.1 Å². The number of nitrogens with zero attached hydrogens (tertiary/aromatic N) is 5. The van der Waals surface area contributed by atoms with Crippen molar-refractivity contribution in [1.29, 1.82) is 0 Å². The second-order valence-corrected chi connectivity index (χ2v) is 6.17. The Kier molecular flexibility index (Phi) is 4.96. The van der Waals surface area contributed by atoms with E-state index in [2.05, 4.69) is 30.5 Å². The number of aromatic nitrogens is 6. The molecule has 142 valence electrons. The molecule has 0 aliphatic heterocycles. The summed E-state index contributed by atoms with van der Waals surface area (Å²) >= 11 is 0. The third-order valence-corrected chi connectivity index (χ3v) is 4.28. The summed E-state index contributed by atoms with van der Waals surface area (Å²) in [6.45, 7) is 0.654. The molecule has 0 bridgehead atoms. The monoisotopic (exact) mass is 377 g/mol. The van der Waals surface area contributed by atoms with E-state index in [9.17, 15) is 4.79 Å². The Morgan fingerprint density at radius 2 is 2.25 bits per heavy atom. The number of benzene rings is 1. The summed E-state index contributed by atoms with van der Waals surface area (Å²) in [5.74, 6) is 1.94. The Balaban J connectivity index is 1.31. The molecule has 0 saturated heterocycles. The number of pyridine rings is 1. The Morgan fingerprint density at radius 3 is 3.07 bits per heavy atom. The minimum atomic E-state index is -0.0953. The van der Waals surface area contributed by atoms with Gasteiger partial charge in [-0.15, -0.1) is 0 Å². The van der Waals surface area contributed by atoms with Crippen molar-refractivity contribution in [3.63, 3.8) is 0 Å². The van der Waals surface area contributed by atoms with E-state index >= 15 is 0 Å². The molecule has 1 aromatic carbocycles. The number of amides is 1. The normalized spacial score (nSPS) is 10.9. The summed E-state index contributed by atoms with van der Waals surface area (Å²) in [6.07, 6.45) is 5.62. The maximum Gasteiger partial charge on any atom is 0.240 e. The van der Waals surface area contributed by atoms with Gasteiger partial charge in [-0.05, 0) is 24.3 Å². The van der Waals surface area contributed by atoms with E-state index < -0.39 is 0 Å². The van der Waals surface area contributed by atoms with Crippen LogP contribution in [0.4, 0.5) is 0 Å². The number of fused-ring (bicyclic) bond motifs is 1. The van der Waals surface area contributed by atoms with Gasteiger partial charge in [0.2, 0.25) is 5.91 Å². The molecule has 2 N–H and O–H groups in total. The highest BCUT2D eigenvalue weighted by atomic mass is 16.5. The molecule has 0 fully saturated rings. The lowest BCUT2D eigenvalue weighted by atomic mass is 10.3.